The Morgan fingerprint density at radius 2 is 1.85 bits per heavy atom. The van der Waals surface area contributed by atoms with Crippen LogP contribution >= 0.6 is 0 Å². The highest BCUT2D eigenvalue weighted by Crippen LogP contribution is 2.24. The number of nitrogens with one attached hydrogen (secondary N) is 1. The first-order valence-corrected chi connectivity index (χ1v) is 10.2. The molecule has 1 heterocycles. The molecule has 1 aliphatic heterocycles. The maximum atomic E-state index is 12.7. The number of benzene rings is 1. The van der Waals surface area contributed by atoms with Gasteiger partial charge in [-0.3, -0.25) is 4.79 Å². The number of ether oxygens (including phenoxy) is 1. The van der Waals surface area contributed by atoms with Crippen molar-refractivity contribution in [2.45, 2.75) is 63.1 Å². The molecule has 0 spiro atoms. The van der Waals surface area contributed by atoms with Crippen molar-refractivity contribution in [2.75, 3.05) is 7.05 Å². The number of carbonyl (C=O) groups excluding carboxylic acids is 2. The first kappa shape index (κ1) is 20.4. The molecule has 26 heavy (non-hydrogen) atoms. The Bertz CT molecular complexity index is 768. The number of amides is 1. The normalized spacial score (nSPS) is 21.9. The first-order chi connectivity index (χ1) is 12.2. The molecule has 7 nitrogen and oxygen atoms in total. The van der Waals surface area contributed by atoms with Crippen molar-refractivity contribution in [3.05, 3.63) is 29.8 Å². The Kier molecular flexibility index (Phi) is 6.41. The predicted octanol–water partition coefficient (Wildman–Crippen LogP) is 1.93. The lowest BCUT2D eigenvalue weighted by Crippen LogP contribution is -2.51. The summed E-state index contributed by atoms with van der Waals surface area (Å²) in [6.07, 6.45) is 2.00. The molecule has 1 amide bonds. The lowest BCUT2D eigenvalue weighted by atomic mass is 9.97. The lowest BCUT2D eigenvalue weighted by molar-refractivity contribution is -0.146. The van der Waals surface area contributed by atoms with Crippen LogP contribution in [-0.4, -0.2) is 50.4 Å². The molecule has 1 saturated heterocycles. The van der Waals surface area contributed by atoms with Crippen molar-refractivity contribution in [2.24, 2.45) is 0 Å². The molecule has 8 heteroatoms. The van der Waals surface area contributed by atoms with Gasteiger partial charge in [-0.25, -0.2) is 17.9 Å². The van der Waals surface area contributed by atoms with Gasteiger partial charge in [0.05, 0.1) is 10.5 Å². The Labute approximate surface area is 154 Å². The fourth-order valence-electron chi connectivity index (χ4n) is 3.25. The zero-order valence-electron chi connectivity index (χ0n) is 15.6. The molecule has 2 rings (SSSR count). The second kappa shape index (κ2) is 8.18. The largest absolute Gasteiger partial charge is 0.449 e. The second-order valence-corrected chi connectivity index (χ2v) is 8.54. The van der Waals surface area contributed by atoms with Gasteiger partial charge in [-0.1, -0.05) is 6.07 Å². The number of hydrogen-bond acceptors (Lipinski definition) is 5. The molecule has 0 bridgehead atoms. The van der Waals surface area contributed by atoms with E-state index in [4.69, 9.17) is 4.74 Å². The van der Waals surface area contributed by atoms with Crippen molar-refractivity contribution in [3.8, 4) is 0 Å². The fourth-order valence-corrected chi connectivity index (χ4v) is 4.03. The van der Waals surface area contributed by atoms with Gasteiger partial charge in [0.2, 0.25) is 10.0 Å². The van der Waals surface area contributed by atoms with Crippen LogP contribution in [0.1, 0.15) is 50.4 Å². The van der Waals surface area contributed by atoms with Crippen LogP contribution in [0.25, 0.3) is 0 Å². The summed E-state index contributed by atoms with van der Waals surface area (Å²) < 4.78 is 31.2. The van der Waals surface area contributed by atoms with Gasteiger partial charge in [-0.05, 0) is 65.3 Å². The monoisotopic (exact) mass is 382 g/mol. The number of hydrogen-bond donors (Lipinski definition) is 1. The lowest BCUT2D eigenvalue weighted by Gasteiger charge is -2.40. The Morgan fingerprint density at radius 3 is 2.42 bits per heavy atom. The summed E-state index contributed by atoms with van der Waals surface area (Å²) in [5.74, 6) is -0.951. The van der Waals surface area contributed by atoms with Crippen molar-refractivity contribution in [1.29, 1.82) is 0 Å². The summed E-state index contributed by atoms with van der Waals surface area (Å²) in [5, 5.41) is 0. The van der Waals surface area contributed by atoms with Crippen LogP contribution < -0.4 is 4.72 Å². The number of esters is 1. The Balaban J connectivity index is 2.12. The summed E-state index contributed by atoms with van der Waals surface area (Å²) in [4.78, 5) is 26.8. The molecule has 1 fully saturated rings. The van der Waals surface area contributed by atoms with E-state index in [1.165, 1.54) is 31.3 Å². The van der Waals surface area contributed by atoms with E-state index in [0.29, 0.717) is 0 Å². The number of sulfonamides is 1. The standard InChI is InChI=1S/C18H26N2O5S/c1-12-7-5-8-13(2)20(12)17(21)14(3)25-18(22)15-9-6-10-16(11-15)26(23,24)19-4/h6,9-14,19H,5,7-8H2,1-4H3/t12-,13+,14-/m1/s1. The third kappa shape index (κ3) is 4.42. The van der Waals surface area contributed by atoms with E-state index in [9.17, 15) is 18.0 Å². The molecule has 1 N–H and O–H groups in total. The van der Waals surface area contributed by atoms with Crippen molar-refractivity contribution in [1.82, 2.24) is 9.62 Å². The molecule has 0 saturated carbocycles. The van der Waals surface area contributed by atoms with Gasteiger partial charge in [0, 0.05) is 12.1 Å². The van der Waals surface area contributed by atoms with Crippen molar-refractivity contribution >= 4 is 21.9 Å². The van der Waals surface area contributed by atoms with Crippen LogP contribution in [0.15, 0.2) is 29.2 Å². The van der Waals surface area contributed by atoms with Gasteiger partial charge in [0.25, 0.3) is 5.91 Å². The maximum Gasteiger partial charge on any atom is 0.338 e. The van der Waals surface area contributed by atoms with Crippen LogP contribution in [0.4, 0.5) is 0 Å². The van der Waals surface area contributed by atoms with Gasteiger partial charge >= 0.3 is 5.97 Å². The maximum absolute atomic E-state index is 12.7. The summed E-state index contributed by atoms with van der Waals surface area (Å²) in [7, 11) is -2.37. The minimum atomic E-state index is -3.66. The molecule has 0 aliphatic carbocycles. The van der Waals surface area contributed by atoms with E-state index in [0.717, 1.165) is 19.3 Å². The topological polar surface area (TPSA) is 92.8 Å². The SMILES string of the molecule is CNS(=O)(=O)c1cccc(C(=O)O[C@H](C)C(=O)N2[C@H](C)CCC[C@@H]2C)c1. The molecule has 0 unspecified atom stereocenters. The average Bonchev–Trinajstić information content (AvgIpc) is 2.61. The van der Waals surface area contributed by atoms with E-state index < -0.39 is 22.1 Å². The molecule has 144 valence electrons. The number of piperidine rings is 1. The van der Waals surface area contributed by atoms with E-state index >= 15 is 0 Å². The summed E-state index contributed by atoms with van der Waals surface area (Å²) in [6, 6.07) is 5.75. The van der Waals surface area contributed by atoms with Gasteiger partial charge in [-0.2, -0.15) is 0 Å². The molecule has 3 atom stereocenters. The van der Waals surface area contributed by atoms with Crippen molar-refractivity contribution < 1.29 is 22.7 Å². The highest BCUT2D eigenvalue weighted by atomic mass is 32.2. The fraction of sp³-hybridized carbons (Fsp3) is 0.556. The predicted molar refractivity (Wildman–Crippen MR) is 97.2 cm³/mol. The zero-order valence-corrected chi connectivity index (χ0v) is 16.4. The Hall–Kier alpha value is -1.93. The average molecular weight is 382 g/mol. The van der Waals surface area contributed by atoms with E-state index in [1.54, 1.807) is 11.8 Å². The molecule has 1 aromatic rings. The Morgan fingerprint density at radius 1 is 1.23 bits per heavy atom. The van der Waals surface area contributed by atoms with Crippen LogP contribution in [0.3, 0.4) is 0 Å². The third-order valence-electron chi connectivity index (χ3n) is 4.73. The van der Waals surface area contributed by atoms with Crippen LogP contribution in [0.2, 0.25) is 0 Å². The number of likely N-dealkylation sites (tertiary alicyclic amines) is 1. The van der Waals surface area contributed by atoms with Gasteiger partial charge in [0.15, 0.2) is 6.10 Å². The van der Waals surface area contributed by atoms with E-state index in [-0.39, 0.29) is 28.4 Å². The summed E-state index contributed by atoms with van der Waals surface area (Å²) in [5.41, 5.74) is 0.0840. The van der Waals surface area contributed by atoms with Gasteiger partial charge in [-0.15, -0.1) is 0 Å². The van der Waals surface area contributed by atoms with Gasteiger partial charge in [0.1, 0.15) is 0 Å². The highest BCUT2D eigenvalue weighted by molar-refractivity contribution is 7.89. The minimum absolute atomic E-state index is 0.0355. The highest BCUT2D eigenvalue weighted by Gasteiger charge is 2.33. The van der Waals surface area contributed by atoms with Crippen LogP contribution in [0.5, 0.6) is 0 Å². The number of rotatable bonds is 5. The van der Waals surface area contributed by atoms with Gasteiger partial charge < -0.3 is 9.64 Å². The second-order valence-electron chi connectivity index (χ2n) is 6.66. The summed E-state index contributed by atoms with van der Waals surface area (Å²) in [6.45, 7) is 5.53. The van der Waals surface area contributed by atoms with Crippen LogP contribution in [-0.2, 0) is 19.6 Å². The number of nitrogens with zero attached hydrogens (tertiary/aromatic N) is 1. The number of carbonyl (C=O) groups is 2. The first-order valence-electron chi connectivity index (χ1n) is 8.74. The van der Waals surface area contributed by atoms with E-state index in [2.05, 4.69) is 4.72 Å². The smallest absolute Gasteiger partial charge is 0.338 e. The minimum Gasteiger partial charge on any atom is -0.449 e. The molecule has 1 aromatic carbocycles. The van der Waals surface area contributed by atoms with Crippen molar-refractivity contribution in [3.63, 3.8) is 0 Å². The molecule has 0 aromatic heterocycles. The third-order valence-corrected chi connectivity index (χ3v) is 6.14. The zero-order chi connectivity index (χ0) is 19.5. The molecular weight excluding hydrogens is 356 g/mol. The molecular formula is C18H26N2O5S. The quantitative estimate of drug-likeness (QED) is 0.786. The van der Waals surface area contributed by atoms with Crippen LogP contribution in [0, 0.1) is 0 Å². The van der Waals surface area contributed by atoms with E-state index in [1.807, 2.05) is 13.8 Å². The molecule has 0 radical (unpaired) electrons. The summed E-state index contributed by atoms with van der Waals surface area (Å²) >= 11 is 0. The molecule has 1 aliphatic rings.